The summed E-state index contributed by atoms with van der Waals surface area (Å²) in [5, 5.41) is 0. The van der Waals surface area contributed by atoms with E-state index in [0.717, 1.165) is 6.04 Å². The lowest BCUT2D eigenvalue weighted by Gasteiger charge is -2.40. The fourth-order valence-corrected chi connectivity index (χ4v) is 2.90. The van der Waals surface area contributed by atoms with Gasteiger partial charge in [-0.05, 0) is 38.1 Å². The first-order valence-corrected chi connectivity index (χ1v) is 5.44. The van der Waals surface area contributed by atoms with Crippen LogP contribution in [-0.2, 0) is 0 Å². The minimum absolute atomic E-state index is 0.951. The maximum absolute atomic E-state index is 2.64. The highest BCUT2D eigenvalue weighted by Gasteiger charge is 2.24. The van der Waals surface area contributed by atoms with Gasteiger partial charge in [0.05, 0.1) is 0 Å². The minimum Gasteiger partial charge on any atom is -0.299 e. The van der Waals surface area contributed by atoms with Crippen molar-refractivity contribution in [2.75, 3.05) is 24.6 Å². The number of thioether (sulfide) groups is 1. The van der Waals surface area contributed by atoms with Gasteiger partial charge in [0.1, 0.15) is 0 Å². The fourth-order valence-electron chi connectivity index (χ4n) is 1.72. The zero-order valence-electron chi connectivity index (χ0n) is 6.38. The number of likely N-dealkylation sites (tertiary alicyclic amines) is 1. The molecular formula is C8H15NS. The quantitative estimate of drug-likeness (QED) is 0.568. The SMILES string of the molecule is C1CSCC(N2CCC2)C1. The van der Waals surface area contributed by atoms with Crippen molar-refractivity contribution >= 4 is 11.8 Å². The van der Waals surface area contributed by atoms with Crippen molar-refractivity contribution in [1.82, 2.24) is 4.90 Å². The Bertz CT molecular complexity index is 106. The molecule has 0 spiro atoms. The molecule has 0 bridgehead atoms. The number of hydrogen-bond donors (Lipinski definition) is 0. The summed E-state index contributed by atoms with van der Waals surface area (Å²) >= 11 is 2.14. The maximum Gasteiger partial charge on any atom is 0.0186 e. The van der Waals surface area contributed by atoms with Gasteiger partial charge < -0.3 is 0 Å². The third-order valence-electron chi connectivity index (χ3n) is 2.54. The van der Waals surface area contributed by atoms with Crippen LogP contribution in [-0.4, -0.2) is 35.5 Å². The second-order valence-electron chi connectivity index (χ2n) is 3.26. The zero-order valence-corrected chi connectivity index (χ0v) is 7.20. The molecule has 2 saturated heterocycles. The summed E-state index contributed by atoms with van der Waals surface area (Å²) in [7, 11) is 0. The molecule has 1 atom stereocenters. The van der Waals surface area contributed by atoms with E-state index in [1.54, 1.807) is 0 Å². The Morgan fingerprint density at radius 1 is 1.20 bits per heavy atom. The van der Waals surface area contributed by atoms with E-state index in [1.807, 2.05) is 0 Å². The molecule has 0 aliphatic carbocycles. The van der Waals surface area contributed by atoms with Crippen molar-refractivity contribution in [2.24, 2.45) is 0 Å². The molecule has 0 amide bonds. The molecule has 2 aliphatic rings. The first-order valence-electron chi connectivity index (χ1n) is 4.28. The van der Waals surface area contributed by atoms with Crippen LogP contribution in [0.2, 0.25) is 0 Å². The van der Waals surface area contributed by atoms with Crippen molar-refractivity contribution in [3.63, 3.8) is 0 Å². The molecule has 0 aromatic carbocycles. The molecule has 0 aromatic rings. The Balaban J connectivity index is 1.78. The van der Waals surface area contributed by atoms with E-state index >= 15 is 0 Å². The maximum atomic E-state index is 2.64. The normalized spacial score (nSPS) is 35.4. The van der Waals surface area contributed by atoms with Gasteiger partial charge in [0.25, 0.3) is 0 Å². The highest BCUT2D eigenvalue weighted by atomic mass is 32.2. The summed E-state index contributed by atoms with van der Waals surface area (Å²) in [6.07, 6.45) is 4.36. The fraction of sp³-hybridized carbons (Fsp3) is 1.00. The van der Waals surface area contributed by atoms with E-state index < -0.39 is 0 Å². The predicted molar refractivity (Wildman–Crippen MR) is 46.5 cm³/mol. The van der Waals surface area contributed by atoms with E-state index in [0.29, 0.717) is 0 Å². The van der Waals surface area contributed by atoms with Crippen LogP contribution in [0.25, 0.3) is 0 Å². The molecule has 0 radical (unpaired) electrons. The largest absolute Gasteiger partial charge is 0.299 e. The van der Waals surface area contributed by atoms with Crippen LogP contribution < -0.4 is 0 Å². The Kier molecular flexibility index (Phi) is 2.19. The van der Waals surface area contributed by atoms with Gasteiger partial charge in [0.2, 0.25) is 0 Å². The molecule has 1 unspecified atom stereocenters. The minimum atomic E-state index is 0.951. The van der Waals surface area contributed by atoms with Gasteiger partial charge >= 0.3 is 0 Å². The van der Waals surface area contributed by atoms with Crippen molar-refractivity contribution in [2.45, 2.75) is 25.3 Å². The van der Waals surface area contributed by atoms with E-state index in [2.05, 4.69) is 16.7 Å². The summed E-state index contributed by atoms with van der Waals surface area (Å²) in [5.74, 6) is 2.81. The van der Waals surface area contributed by atoms with Crippen LogP contribution >= 0.6 is 11.8 Å². The topological polar surface area (TPSA) is 3.24 Å². The average Bonchev–Trinajstić information content (AvgIpc) is 1.86. The molecule has 2 fully saturated rings. The lowest BCUT2D eigenvalue weighted by atomic mass is 10.1. The van der Waals surface area contributed by atoms with Crippen LogP contribution in [0.15, 0.2) is 0 Å². The van der Waals surface area contributed by atoms with Crippen LogP contribution in [0, 0.1) is 0 Å². The molecule has 0 N–H and O–H groups in total. The van der Waals surface area contributed by atoms with Gasteiger partial charge in [0.15, 0.2) is 0 Å². The Morgan fingerprint density at radius 2 is 2.10 bits per heavy atom. The predicted octanol–water partition coefficient (Wildman–Crippen LogP) is 1.59. The number of nitrogens with zero attached hydrogens (tertiary/aromatic N) is 1. The van der Waals surface area contributed by atoms with Gasteiger partial charge in [-0.2, -0.15) is 11.8 Å². The zero-order chi connectivity index (χ0) is 6.81. The summed E-state index contributed by atoms with van der Waals surface area (Å²) in [4.78, 5) is 2.64. The van der Waals surface area contributed by atoms with Crippen LogP contribution in [0.5, 0.6) is 0 Å². The molecule has 2 aliphatic heterocycles. The lowest BCUT2D eigenvalue weighted by molar-refractivity contribution is 0.123. The van der Waals surface area contributed by atoms with Gasteiger partial charge in [-0.15, -0.1) is 0 Å². The van der Waals surface area contributed by atoms with Crippen molar-refractivity contribution in [1.29, 1.82) is 0 Å². The molecule has 10 heavy (non-hydrogen) atoms. The van der Waals surface area contributed by atoms with Crippen molar-refractivity contribution in [3.8, 4) is 0 Å². The molecule has 58 valence electrons. The van der Waals surface area contributed by atoms with Crippen molar-refractivity contribution < 1.29 is 0 Å². The Labute approximate surface area is 67.2 Å². The molecule has 0 saturated carbocycles. The highest BCUT2D eigenvalue weighted by Crippen LogP contribution is 2.24. The average molecular weight is 157 g/mol. The molecule has 1 nitrogen and oxygen atoms in total. The van der Waals surface area contributed by atoms with Crippen molar-refractivity contribution in [3.05, 3.63) is 0 Å². The van der Waals surface area contributed by atoms with E-state index in [9.17, 15) is 0 Å². The van der Waals surface area contributed by atoms with Crippen LogP contribution in [0.1, 0.15) is 19.3 Å². The van der Waals surface area contributed by atoms with Gasteiger partial charge in [-0.3, -0.25) is 4.90 Å². The molecule has 2 heterocycles. The Hall–Kier alpha value is 0.310. The monoisotopic (exact) mass is 157 g/mol. The van der Waals surface area contributed by atoms with E-state index in [4.69, 9.17) is 0 Å². The second kappa shape index (κ2) is 3.14. The molecular weight excluding hydrogens is 142 g/mol. The van der Waals surface area contributed by atoms with Crippen LogP contribution in [0.4, 0.5) is 0 Å². The third kappa shape index (κ3) is 1.32. The Morgan fingerprint density at radius 3 is 2.60 bits per heavy atom. The summed E-state index contributed by atoms with van der Waals surface area (Å²) in [6, 6.07) is 0.951. The summed E-state index contributed by atoms with van der Waals surface area (Å²) in [6.45, 7) is 2.76. The van der Waals surface area contributed by atoms with E-state index in [-0.39, 0.29) is 0 Å². The highest BCUT2D eigenvalue weighted by molar-refractivity contribution is 7.99. The first kappa shape index (κ1) is 6.99. The van der Waals surface area contributed by atoms with Gasteiger partial charge in [0, 0.05) is 11.8 Å². The molecule has 2 rings (SSSR count). The second-order valence-corrected chi connectivity index (χ2v) is 4.41. The number of hydrogen-bond acceptors (Lipinski definition) is 2. The smallest absolute Gasteiger partial charge is 0.0186 e. The summed E-state index contributed by atoms with van der Waals surface area (Å²) in [5.41, 5.74) is 0. The summed E-state index contributed by atoms with van der Waals surface area (Å²) < 4.78 is 0. The van der Waals surface area contributed by atoms with Gasteiger partial charge in [-0.25, -0.2) is 0 Å². The van der Waals surface area contributed by atoms with E-state index in [1.165, 1.54) is 43.9 Å². The molecule has 2 heteroatoms. The lowest BCUT2D eigenvalue weighted by Crippen LogP contribution is -2.47. The van der Waals surface area contributed by atoms with Gasteiger partial charge in [-0.1, -0.05) is 0 Å². The van der Waals surface area contributed by atoms with Crippen LogP contribution in [0.3, 0.4) is 0 Å². The molecule has 0 aromatic heterocycles. The number of rotatable bonds is 1. The first-order chi connectivity index (χ1) is 4.97. The standard InChI is InChI=1S/C8H15NS/c1-3-8(7-10-6-1)9-4-2-5-9/h8H,1-7H2. The third-order valence-corrected chi connectivity index (χ3v) is 3.74.